The van der Waals surface area contributed by atoms with Gasteiger partial charge in [-0.3, -0.25) is 0 Å². The Hall–Kier alpha value is -1.66. The van der Waals surface area contributed by atoms with Crippen LogP contribution in [0.3, 0.4) is 0 Å². The largest absolute Gasteiger partial charge is 0.423 e. The number of aryl methyl sites for hydroxylation is 1. The fourth-order valence-electron chi connectivity index (χ4n) is 1.93. The molecule has 0 fully saturated rings. The normalized spacial score (nSPS) is 10.7. The second-order valence-corrected chi connectivity index (χ2v) is 6.68. The summed E-state index contributed by atoms with van der Waals surface area (Å²) >= 11 is 5.17. The van der Waals surface area contributed by atoms with E-state index in [1.807, 2.05) is 18.2 Å². The van der Waals surface area contributed by atoms with Crippen molar-refractivity contribution in [3.05, 3.63) is 51.0 Å². The first-order chi connectivity index (χ1) is 9.72. The summed E-state index contributed by atoms with van der Waals surface area (Å²) in [5.74, 6) is 0.543. The highest BCUT2D eigenvalue weighted by atomic mass is 79.9. The van der Waals surface area contributed by atoms with E-state index >= 15 is 0 Å². The minimum absolute atomic E-state index is 0.543. The van der Waals surface area contributed by atoms with Gasteiger partial charge in [-0.25, -0.2) is 0 Å². The van der Waals surface area contributed by atoms with E-state index in [0.717, 1.165) is 27.1 Å². The molecule has 6 heteroatoms. The van der Waals surface area contributed by atoms with E-state index in [4.69, 9.17) is 4.42 Å². The van der Waals surface area contributed by atoms with Crippen molar-refractivity contribution in [2.75, 3.05) is 5.32 Å². The van der Waals surface area contributed by atoms with Crippen LogP contribution < -0.4 is 5.32 Å². The zero-order chi connectivity index (χ0) is 13.9. The maximum absolute atomic E-state index is 5.20. The Kier molecular flexibility index (Phi) is 3.84. The smallest absolute Gasteiger partial charge is 0.247 e. The van der Waals surface area contributed by atoms with Crippen molar-refractivity contribution in [3.8, 4) is 11.5 Å². The van der Waals surface area contributed by atoms with Gasteiger partial charge in [0.15, 0.2) is 0 Å². The molecule has 3 rings (SSSR count). The number of anilines is 1. The predicted octanol–water partition coefficient (Wildman–Crippen LogP) is 4.48. The second-order valence-electron chi connectivity index (χ2n) is 4.39. The fourth-order valence-corrected chi connectivity index (χ4v) is 3.14. The van der Waals surface area contributed by atoms with Gasteiger partial charge in [-0.1, -0.05) is 0 Å². The zero-order valence-corrected chi connectivity index (χ0v) is 13.2. The third-order valence-electron chi connectivity index (χ3n) is 2.94. The summed E-state index contributed by atoms with van der Waals surface area (Å²) in [6.45, 7) is 2.87. The Morgan fingerprint density at radius 2 is 2.25 bits per heavy atom. The number of nitrogens with zero attached hydrogens (tertiary/aromatic N) is 2. The lowest BCUT2D eigenvalue weighted by Gasteiger charge is -2.09. The van der Waals surface area contributed by atoms with Crippen LogP contribution in [-0.4, -0.2) is 10.2 Å². The average Bonchev–Trinajstić information content (AvgIpc) is 3.08. The van der Waals surface area contributed by atoms with E-state index in [1.165, 1.54) is 12.0 Å². The van der Waals surface area contributed by atoms with Crippen molar-refractivity contribution in [2.24, 2.45) is 0 Å². The maximum Gasteiger partial charge on any atom is 0.247 e. The van der Waals surface area contributed by atoms with E-state index in [2.05, 4.69) is 49.8 Å². The SMILES string of the molecule is Cc1cc(-c2nnco2)ccc1NCc1csc(Br)c1. The van der Waals surface area contributed by atoms with Crippen LogP contribution in [0.4, 0.5) is 5.69 Å². The lowest BCUT2D eigenvalue weighted by Crippen LogP contribution is -2.00. The molecule has 102 valence electrons. The van der Waals surface area contributed by atoms with Crippen LogP contribution in [0.25, 0.3) is 11.5 Å². The Morgan fingerprint density at radius 3 is 2.90 bits per heavy atom. The molecule has 0 unspecified atom stereocenters. The van der Waals surface area contributed by atoms with Gasteiger partial charge < -0.3 is 9.73 Å². The van der Waals surface area contributed by atoms with E-state index in [1.54, 1.807) is 11.3 Å². The van der Waals surface area contributed by atoms with Crippen LogP contribution in [0.5, 0.6) is 0 Å². The van der Waals surface area contributed by atoms with Crippen LogP contribution in [0.1, 0.15) is 11.1 Å². The molecule has 0 saturated heterocycles. The summed E-state index contributed by atoms with van der Waals surface area (Å²) in [6, 6.07) is 8.18. The van der Waals surface area contributed by atoms with Gasteiger partial charge in [0.25, 0.3) is 0 Å². The highest BCUT2D eigenvalue weighted by Gasteiger charge is 2.06. The number of rotatable bonds is 4. The Balaban J connectivity index is 1.74. The molecule has 0 aliphatic carbocycles. The van der Waals surface area contributed by atoms with E-state index in [9.17, 15) is 0 Å². The predicted molar refractivity (Wildman–Crippen MR) is 83.8 cm³/mol. The number of benzene rings is 1. The Labute approximate surface area is 129 Å². The molecule has 0 spiro atoms. The quantitative estimate of drug-likeness (QED) is 0.754. The zero-order valence-electron chi connectivity index (χ0n) is 10.8. The van der Waals surface area contributed by atoms with Crippen LogP contribution in [-0.2, 0) is 6.54 Å². The van der Waals surface area contributed by atoms with Gasteiger partial charge >= 0.3 is 0 Å². The van der Waals surface area contributed by atoms with Crippen molar-refractivity contribution in [2.45, 2.75) is 13.5 Å². The molecule has 2 aromatic heterocycles. The summed E-state index contributed by atoms with van der Waals surface area (Å²) in [7, 11) is 0. The lowest BCUT2D eigenvalue weighted by atomic mass is 10.1. The minimum atomic E-state index is 0.543. The molecule has 1 N–H and O–H groups in total. The van der Waals surface area contributed by atoms with E-state index in [0.29, 0.717) is 5.89 Å². The van der Waals surface area contributed by atoms with Gasteiger partial charge in [0, 0.05) is 17.8 Å². The third-order valence-corrected chi connectivity index (χ3v) is 4.49. The van der Waals surface area contributed by atoms with Crippen molar-refractivity contribution in [3.63, 3.8) is 0 Å². The van der Waals surface area contributed by atoms with Crippen LogP contribution >= 0.6 is 27.3 Å². The van der Waals surface area contributed by atoms with Crippen molar-refractivity contribution >= 4 is 33.0 Å². The fraction of sp³-hybridized carbons (Fsp3) is 0.143. The van der Waals surface area contributed by atoms with Gasteiger partial charge in [-0.15, -0.1) is 21.5 Å². The Morgan fingerprint density at radius 1 is 1.35 bits per heavy atom. The number of aromatic nitrogens is 2. The third kappa shape index (κ3) is 2.91. The van der Waals surface area contributed by atoms with E-state index < -0.39 is 0 Å². The molecule has 2 heterocycles. The number of thiophene rings is 1. The van der Waals surface area contributed by atoms with Crippen molar-refractivity contribution in [1.82, 2.24) is 10.2 Å². The molecule has 20 heavy (non-hydrogen) atoms. The molecule has 0 saturated carbocycles. The maximum atomic E-state index is 5.20. The summed E-state index contributed by atoms with van der Waals surface area (Å²) in [4.78, 5) is 0. The molecule has 0 radical (unpaired) electrons. The highest BCUT2D eigenvalue weighted by Crippen LogP contribution is 2.25. The highest BCUT2D eigenvalue weighted by molar-refractivity contribution is 9.11. The first kappa shape index (κ1) is 13.3. The molecular weight excluding hydrogens is 338 g/mol. The number of nitrogens with one attached hydrogen (secondary N) is 1. The number of hydrogen-bond donors (Lipinski definition) is 1. The molecule has 3 aromatic rings. The van der Waals surface area contributed by atoms with Crippen LogP contribution in [0.2, 0.25) is 0 Å². The number of hydrogen-bond acceptors (Lipinski definition) is 5. The monoisotopic (exact) mass is 349 g/mol. The molecular formula is C14H12BrN3OS. The van der Waals surface area contributed by atoms with Crippen LogP contribution in [0.15, 0.2) is 44.2 Å². The van der Waals surface area contributed by atoms with Gasteiger partial charge in [0.2, 0.25) is 12.3 Å². The standard InChI is InChI=1S/C14H12BrN3OS/c1-9-4-11(14-18-17-8-19-14)2-3-12(9)16-6-10-5-13(15)20-7-10/h2-5,7-8,16H,6H2,1H3. The van der Waals surface area contributed by atoms with Crippen molar-refractivity contribution < 1.29 is 4.42 Å². The molecule has 0 aliphatic rings. The van der Waals surface area contributed by atoms with E-state index in [-0.39, 0.29) is 0 Å². The lowest BCUT2D eigenvalue weighted by molar-refractivity contribution is 0.568. The minimum Gasteiger partial charge on any atom is -0.423 e. The first-order valence-corrected chi connectivity index (χ1v) is 7.73. The molecule has 0 amide bonds. The van der Waals surface area contributed by atoms with Gasteiger partial charge in [-0.2, -0.15) is 0 Å². The van der Waals surface area contributed by atoms with Crippen LogP contribution in [0, 0.1) is 6.92 Å². The summed E-state index contributed by atoms with van der Waals surface area (Å²) < 4.78 is 6.35. The second kappa shape index (κ2) is 5.76. The van der Waals surface area contributed by atoms with Crippen molar-refractivity contribution in [1.29, 1.82) is 0 Å². The van der Waals surface area contributed by atoms with Gasteiger partial charge in [0.1, 0.15) is 0 Å². The summed E-state index contributed by atoms with van der Waals surface area (Å²) in [6.07, 6.45) is 1.34. The molecule has 0 bridgehead atoms. The molecule has 1 aromatic carbocycles. The molecule has 4 nitrogen and oxygen atoms in total. The number of halogens is 1. The summed E-state index contributed by atoms with van der Waals surface area (Å²) in [5, 5.41) is 13.2. The summed E-state index contributed by atoms with van der Waals surface area (Å²) in [5.41, 5.74) is 4.46. The topological polar surface area (TPSA) is 51.0 Å². The molecule has 0 atom stereocenters. The average molecular weight is 350 g/mol. The van der Waals surface area contributed by atoms with Gasteiger partial charge in [-0.05, 0) is 63.6 Å². The first-order valence-electron chi connectivity index (χ1n) is 6.06. The van der Waals surface area contributed by atoms with Gasteiger partial charge in [0.05, 0.1) is 3.79 Å². The Bertz CT molecular complexity index is 709. The molecule has 0 aliphatic heterocycles.